The van der Waals surface area contributed by atoms with Crippen molar-refractivity contribution in [2.24, 2.45) is 0 Å². The smallest absolute Gasteiger partial charge is 0.335 e. The number of aromatic carboxylic acids is 1. The lowest BCUT2D eigenvalue weighted by Gasteiger charge is -2.08. The van der Waals surface area contributed by atoms with Crippen LogP contribution in [-0.2, 0) is 0 Å². The zero-order valence-electron chi connectivity index (χ0n) is 10.3. The van der Waals surface area contributed by atoms with E-state index in [-0.39, 0.29) is 16.3 Å². The number of benzene rings is 2. The summed E-state index contributed by atoms with van der Waals surface area (Å²) in [6.07, 6.45) is 0. The Bertz CT molecular complexity index is 669. The van der Waals surface area contributed by atoms with E-state index < -0.39 is 11.9 Å². The van der Waals surface area contributed by atoms with Gasteiger partial charge < -0.3 is 16.2 Å². The summed E-state index contributed by atoms with van der Waals surface area (Å²) in [5.41, 5.74) is 6.77. The van der Waals surface area contributed by atoms with Crippen molar-refractivity contribution in [2.75, 3.05) is 11.1 Å². The van der Waals surface area contributed by atoms with Crippen LogP contribution in [0.25, 0.3) is 0 Å². The molecule has 4 N–H and O–H groups in total. The topological polar surface area (TPSA) is 92.4 Å². The number of hydrogen-bond acceptors (Lipinski definition) is 3. The molecule has 0 spiro atoms. The Hall–Kier alpha value is -2.53. The van der Waals surface area contributed by atoms with Gasteiger partial charge in [-0.3, -0.25) is 4.79 Å². The molecule has 0 aliphatic carbocycles. The maximum Gasteiger partial charge on any atom is 0.335 e. The van der Waals surface area contributed by atoms with E-state index in [9.17, 15) is 9.59 Å². The summed E-state index contributed by atoms with van der Waals surface area (Å²) >= 11 is 5.93. The lowest BCUT2D eigenvalue weighted by molar-refractivity contribution is 0.0696. The molecule has 0 aliphatic heterocycles. The van der Waals surface area contributed by atoms with Gasteiger partial charge in [0.05, 0.1) is 16.3 Å². The van der Waals surface area contributed by atoms with Crippen LogP contribution in [-0.4, -0.2) is 17.0 Å². The van der Waals surface area contributed by atoms with Crippen LogP contribution in [0, 0.1) is 0 Å². The number of hydrogen-bond donors (Lipinski definition) is 3. The fourth-order valence-electron chi connectivity index (χ4n) is 1.58. The number of carboxylic acids is 1. The normalized spacial score (nSPS) is 10.1. The minimum absolute atomic E-state index is 0.0435. The van der Waals surface area contributed by atoms with Gasteiger partial charge in [-0.05, 0) is 42.5 Å². The number of rotatable bonds is 3. The first-order chi connectivity index (χ1) is 9.47. The molecule has 5 nitrogen and oxygen atoms in total. The van der Waals surface area contributed by atoms with E-state index >= 15 is 0 Å². The van der Waals surface area contributed by atoms with E-state index in [4.69, 9.17) is 22.4 Å². The van der Waals surface area contributed by atoms with Gasteiger partial charge in [-0.25, -0.2) is 4.79 Å². The monoisotopic (exact) mass is 290 g/mol. The lowest BCUT2D eigenvalue weighted by atomic mass is 10.1. The third kappa shape index (κ3) is 3.07. The molecule has 0 fully saturated rings. The molecule has 20 heavy (non-hydrogen) atoms. The molecule has 0 saturated carbocycles. The highest BCUT2D eigenvalue weighted by molar-refractivity contribution is 6.34. The van der Waals surface area contributed by atoms with Crippen LogP contribution in [0.2, 0.25) is 5.02 Å². The first-order valence-corrected chi connectivity index (χ1v) is 6.05. The summed E-state index contributed by atoms with van der Waals surface area (Å²) < 4.78 is 0. The number of amides is 1. The fourth-order valence-corrected chi connectivity index (χ4v) is 1.75. The van der Waals surface area contributed by atoms with Crippen LogP contribution in [0.1, 0.15) is 20.7 Å². The van der Waals surface area contributed by atoms with Crippen LogP contribution in [0.4, 0.5) is 11.4 Å². The Morgan fingerprint density at radius 2 is 1.65 bits per heavy atom. The van der Waals surface area contributed by atoms with Gasteiger partial charge in [0.1, 0.15) is 0 Å². The average molecular weight is 291 g/mol. The van der Waals surface area contributed by atoms with Gasteiger partial charge in [0, 0.05) is 11.3 Å². The first-order valence-electron chi connectivity index (χ1n) is 5.67. The number of carboxylic acid groups (broad SMARTS) is 1. The molecule has 6 heteroatoms. The quantitative estimate of drug-likeness (QED) is 0.758. The molecule has 1 amide bonds. The van der Waals surface area contributed by atoms with E-state index in [1.165, 1.54) is 18.2 Å². The van der Waals surface area contributed by atoms with Gasteiger partial charge in [-0.15, -0.1) is 0 Å². The highest BCUT2D eigenvalue weighted by atomic mass is 35.5. The zero-order valence-corrected chi connectivity index (χ0v) is 11.0. The van der Waals surface area contributed by atoms with Crippen molar-refractivity contribution in [3.63, 3.8) is 0 Å². The summed E-state index contributed by atoms with van der Waals surface area (Å²) in [4.78, 5) is 22.9. The van der Waals surface area contributed by atoms with Crippen molar-refractivity contribution in [2.45, 2.75) is 0 Å². The summed E-state index contributed by atoms with van der Waals surface area (Å²) in [6, 6.07) is 10.4. The summed E-state index contributed by atoms with van der Waals surface area (Å²) in [5, 5.41) is 11.7. The van der Waals surface area contributed by atoms with Gasteiger partial charge in [0.15, 0.2) is 0 Å². The molecule has 0 aliphatic rings. The third-order valence-corrected chi connectivity index (χ3v) is 2.96. The van der Waals surface area contributed by atoms with Crippen molar-refractivity contribution in [3.8, 4) is 0 Å². The lowest BCUT2D eigenvalue weighted by Crippen LogP contribution is -2.12. The maximum absolute atomic E-state index is 12.0. The second kappa shape index (κ2) is 5.63. The summed E-state index contributed by atoms with van der Waals surface area (Å²) in [7, 11) is 0. The van der Waals surface area contributed by atoms with Gasteiger partial charge >= 0.3 is 5.97 Å². The van der Waals surface area contributed by atoms with Crippen molar-refractivity contribution in [3.05, 3.63) is 58.6 Å². The maximum atomic E-state index is 12.0. The molecule has 0 bridgehead atoms. The Kier molecular flexibility index (Phi) is 3.91. The van der Waals surface area contributed by atoms with Crippen LogP contribution in [0.15, 0.2) is 42.5 Å². The predicted octanol–water partition coefficient (Wildman–Crippen LogP) is 2.87. The van der Waals surface area contributed by atoms with Gasteiger partial charge in [0.25, 0.3) is 5.91 Å². The average Bonchev–Trinajstić information content (AvgIpc) is 2.41. The molecule has 0 atom stereocenters. The van der Waals surface area contributed by atoms with Crippen molar-refractivity contribution in [1.82, 2.24) is 0 Å². The second-order valence-electron chi connectivity index (χ2n) is 4.08. The fraction of sp³-hybridized carbons (Fsp3) is 0. The van der Waals surface area contributed by atoms with E-state index in [1.54, 1.807) is 24.3 Å². The minimum atomic E-state index is -1.09. The molecule has 0 unspecified atom stereocenters. The third-order valence-electron chi connectivity index (χ3n) is 2.63. The number of anilines is 2. The Labute approximate surface area is 120 Å². The van der Waals surface area contributed by atoms with Crippen LogP contribution < -0.4 is 11.1 Å². The Balaban J connectivity index is 2.25. The van der Waals surface area contributed by atoms with E-state index in [0.29, 0.717) is 11.3 Å². The molecule has 102 valence electrons. The molecule has 0 saturated heterocycles. The van der Waals surface area contributed by atoms with Crippen molar-refractivity contribution < 1.29 is 14.7 Å². The molecule has 0 heterocycles. The van der Waals surface area contributed by atoms with Gasteiger partial charge in [0.2, 0.25) is 0 Å². The molecular formula is C14H11ClN2O3. The first kappa shape index (κ1) is 13.9. The number of carbonyl (C=O) groups excluding carboxylic acids is 1. The second-order valence-corrected chi connectivity index (χ2v) is 4.48. The van der Waals surface area contributed by atoms with E-state index in [1.807, 2.05) is 0 Å². The van der Waals surface area contributed by atoms with Gasteiger partial charge in [-0.1, -0.05) is 11.6 Å². The molecule has 2 rings (SSSR count). The highest BCUT2D eigenvalue weighted by Crippen LogP contribution is 2.23. The number of nitrogens with two attached hydrogens (primary N) is 1. The highest BCUT2D eigenvalue weighted by Gasteiger charge is 2.11. The van der Waals surface area contributed by atoms with Crippen LogP contribution in [0.5, 0.6) is 0 Å². The standard InChI is InChI=1S/C14H11ClN2O3/c15-11-6-3-9(14(19)20)7-12(11)17-13(18)8-1-4-10(16)5-2-8/h1-7H,16H2,(H,17,18)(H,19,20). The molecule has 0 aromatic heterocycles. The number of carbonyl (C=O) groups is 2. The predicted molar refractivity (Wildman–Crippen MR) is 77.2 cm³/mol. The van der Waals surface area contributed by atoms with Crippen molar-refractivity contribution in [1.29, 1.82) is 0 Å². The minimum Gasteiger partial charge on any atom is -0.478 e. The molecule has 2 aromatic carbocycles. The number of nitrogen functional groups attached to an aromatic ring is 1. The Morgan fingerprint density at radius 3 is 2.25 bits per heavy atom. The van der Waals surface area contributed by atoms with E-state index in [2.05, 4.69) is 5.32 Å². The number of halogens is 1. The van der Waals surface area contributed by atoms with E-state index in [0.717, 1.165) is 0 Å². The SMILES string of the molecule is Nc1ccc(C(=O)Nc2cc(C(=O)O)ccc2Cl)cc1. The summed E-state index contributed by atoms with van der Waals surface area (Å²) in [5.74, 6) is -1.49. The molecule has 2 aromatic rings. The molecule has 0 radical (unpaired) electrons. The summed E-state index contributed by atoms with van der Waals surface area (Å²) in [6.45, 7) is 0. The Morgan fingerprint density at radius 1 is 1.05 bits per heavy atom. The van der Waals surface area contributed by atoms with Crippen LogP contribution >= 0.6 is 11.6 Å². The zero-order chi connectivity index (χ0) is 14.7. The van der Waals surface area contributed by atoms with Gasteiger partial charge in [-0.2, -0.15) is 0 Å². The van der Waals surface area contributed by atoms with Crippen LogP contribution in [0.3, 0.4) is 0 Å². The largest absolute Gasteiger partial charge is 0.478 e. The number of nitrogens with one attached hydrogen (secondary N) is 1. The molecular weight excluding hydrogens is 280 g/mol. The van der Waals surface area contributed by atoms with Crippen molar-refractivity contribution >= 4 is 34.9 Å².